The number of aromatic amines is 1. The molecule has 0 spiro atoms. The van der Waals surface area contributed by atoms with E-state index in [4.69, 9.17) is 0 Å². The average molecular weight is 280 g/mol. The maximum Gasteiger partial charge on any atom is 0.268 e. The molecule has 1 aliphatic rings. The highest BCUT2D eigenvalue weighted by molar-refractivity contribution is 7.98. The van der Waals surface area contributed by atoms with Crippen LogP contribution in [0.3, 0.4) is 0 Å². The molecule has 5 nitrogen and oxygen atoms in total. The minimum absolute atomic E-state index is 0.126. The van der Waals surface area contributed by atoms with Crippen molar-refractivity contribution in [3.63, 3.8) is 0 Å². The summed E-state index contributed by atoms with van der Waals surface area (Å²) < 4.78 is 0. The highest BCUT2D eigenvalue weighted by Crippen LogP contribution is 2.31. The summed E-state index contributed by atoms with van der Waals surface area (Å²) in [5.74, 6) is 3.05. The highest BCUT2D eigenvalue weighted by Gasteiger charge is 2.18. The van der Waals surface area contributed by atoms with E-state index in [0.29, 0.717) is 11.8 Å². The molecule has 0 atom stereocenters. The molecule has 3 rings (SSSR count). The van der Waals surface area contributed by atoms with Crippen LogP contribution in [0.15, 0.2) is 6.07 Å². The summed E-state index contributed by atoms with van der Waals surface area (Å²) in [5, 5.41) is 9.29. The molecule has 0 unspecified atom stereocenters. The van der Waals surface area contributed by atoms with E-state index in [-0.39, 0.29) is 5.91 Å². The zero-order chi connectivity index (χ0) is 12.5. The van der Waals surface area contributed by atoms with Gasteiger partial charge in [0.2, 0.25) is 5.95 Å². The van der Waals surface area contributed by atoms with Gasteiger partial charge < -0.3 is 0 Å². The van der Waals surface area contributed by atoms with Crippen molar-refractivity contribution in [2.45, 2.75) is 19.1 Å². The Morgan fingerprint density at radius 3 is 3.17 bits per heavy atom. The molecular weight excluding hydrogens is 268 g/mol. The van der Waals surface area contributed by atoms with Crippen LogP contribution in [0.5, 0.6) is 0 Å². The number of nitrogens with zero attached hydrogens (tertiary/aromatic N) is 2. The Balaban J connectivity index is 1.78. The lowest BCUT2D eigenvalue weighted by Gasteiger charge is -2.08. The van der Waals surface area contributed by atoms with Gasteiger partial charge in [-0.1, -0.05) is 0 Å². The normalized spacial score (nSPS) is 14.3. The first-order chi connectivity index (χ1) is 8.72. The Bertz CT molecular complexity index is 566. The van der Waals surface area contributed by atoms with Gasteiger partial charge in [0.25, 0.3) is 5.91 Å². The minimum atomic E-state index is -0.126. The Hall–Kier alpha value is -1.34. The van der Waals surface area contributed by atoms with Crippen LogP contribution in [0.2, 0.25) is 0 Å². The van der Waals surface area contributed by atoms with Gasteiger partial charge in [-0.15, -0.1) is 16.4 Å². The zero-order valence-corrected chi connectivity index (χ0v) is 11.5. The van der Waals surface area contributed by atoms with Gasteiger partial charge in [-0.2, -0.15) is 16.7 Å². The molecule has 2 aromatic heterocycles. The molecule has 94 valence electrons. The molecule has 1 amide bonds. The Morgan fingerprint density at radius 1 is 1.56 bits per heavy atom. The second-order valence-electron chi connectivity index (χ2n) is 4.06. The summed E-state index contributed by atoms with van der Waals surface area (Å²) in [7, 11) is 0. The van der Waals surface area contributed by atoms with Crippen LogP contribution in [0, 0.1) is 6.92 Å². The summed E-state index contributed by atoms with van der Waals surface area (Å²) in [6.45, 7) is 1.80. The minimum Gasteiger partial charge on any atom is -0.288 e. The number of rotatable bonds is 2. The molecule has 18 heavy (non-hydrogen) atoms. The maximum absolute atomic E-state index is 12.0. The first kappa shape index (κ1) is 11.7. The average Bonchev–Trinajstić information content (AvgIpc) is 2.95. The molecule has 3 heterocycles. The summed E-state index contributed by atoms with van der Waals surface area (Å²) in [5.41, 5.74) is 1.30. The van der Waals surface area contributed by atoms with Gasteiger partial charge >= 0.3 is 0 Å². The number of thiophene rings is 1. The number of thioether (sulfide) groups is 1. The molecule has 2 aromatic rings. The van der Waals surface area contributed by atoms with Crippen molar-refractivity contribution >= 4 is 35.0 Å². The molecule has 7 heteroatoms. The third-order valence-corrected chi connectivity index (χ3v) is 4.92. The number of hydrogen-bond acceptors (Lipinski definition) is 5. The molecule has 0 fully saturated rings. The standard InChI is InChI=1S/C11H12N4OS2/c1-6-12-11(15-14-6)13-10(16)9-4-7-5-17-3-2-8(7)18-9/h4H,2-3,5H2,1H3,(H2,12,13,14,15,16). The maximum atomic E-state index is 12.0. The van der Waals surface area contributed by atoms with Crippen molar-refractivity contribution in [2.75, 3.05) is 11.1 Å². The van der Waals surface area contributed by atoms with E-state index in [9.17, 15) is 4.79 Å². The summed E-state index contributed by atoms with van der Waals surface area (Å²) in [6, 6.07) is 1.99. The van der Waals surface area contributed by atoms with Gasteiger partial charge in [0.15, 0.2) is 0 Å². The Kier molecular flexibility index (Phi) is 3.09. The predicted molar refractivity (Wildman–Crippen MR) is 73.3 cm³/mol. The number of nitrogens with one attached hydrogen (secondary N) is 2. The predicted octanol–water partition coefficient (Wildman–Crippen LogP) is 2.22. The molecule has 0 radical (unpaired) electrons. The highest BCUT2D eigenvalue weighted by atomic mass is 32.2. The molecule has 0 saturated heterocycles. The van der Waals surface area contributed by atoms with E-state index in [0.717, 1.165) is 22.8 Å². The number of fused-ring (bicyclic) bond motifs is 1. The largest absolute Gasteiger partial charge is 0.288 e. The number of carbonyl (C=O) groups excluding carboxylic acids is 1. The summed E-state index contributed by atoms with van der Waals surface area (Å²) in [6.07, 6.45) is 1.07. The van der Waals surface area contributed by atoms with E-state index in [2.05, 4.69) is 20.5 Å². The van der Waals surface area contributed by atoms with Gasteiger partial charge in [0.05, 0.1) is 4.88 Å². The van der Waals surface area contributed by atoms with Crippen LogP contribution in [0.25, 0.3) is 0 Å². The van der Waals surface area contributed by atoms with Crippen LogP contribution < -0.4 is 5.32 Å². The second-order valence-corrected chi connectivity index (χ2v) is 6.30. The fourth-order valence-corrected chi connectivity index (χ4v) is 4.09. The van der Waals surface area contributed by atoms with Crippen molar-refractivity contribution in [1.82, 2.24) is 15.2 Å². The van der Waals surface area contributed by atoms with Gasteiger partial charge in [-0.05, 0) is 30.7 Å². The first-order valence-electron chi connectivity index (χ1n) is 5.62. The van der Waals surface area contributed by atoms with Crippen LogP contribution in [0.1, 0.15) is 25.9 Å². The molecule has 1 aliphatic heterocycles. The van der Waals surface area contributed by atoms with Crippen molar-refractivity contribution < 1.29 is 4.79 Å². The monoisotopic (exact) mass is 280 g/mol. The lowest BCUT2D eigenvalue weighted by atomic mass is 10.2. The van der Waals surface area contributed by atoms with Crippen LogP contribution >= 0.6 is 23.1 Å². The third kappa shape index (κ3) is 2.28. The van der Waals surface area contributed by atoms with Gasteiger partial charge in [-0.3, -0.25) is 15.2 Å². The zero-order valence-electron chi connectivity index (χ0n) is 9.82. The summed E-state index contributed by atoms with van der Waals surface area (Å²) >= 11 is 3.49. The summed E-state index contributed by atoms with van der Waals surface area (Å²) in [4.78, 5) is 18.2. The number of H-pyrrole nitrogens is 1. The first-order valence-corrected chi connectivity index (χ1v) is 7.59. The number of carbonyl (C=O) groups is 1. The SMILES string of the molecule is Cc1nc(NC(=O)c2cc3c(s2)CCSC3)n[nH]1. The second kappa shape index (κ2) is 4.74. The van der Waals surface area contributed by atoms with Crippen LogP contribution in [-0.2, 0) is 12.2 Å². The lowest BCUT2D eigenvalue weighted by Crippen LogP contribution is -2.11. The van der Waals surface area contributed by atoms with E-state index in [1.807, 2.05) is 17.8 Å². The van der Waals surface area contributed by atoms with Crippen LogP contribution in [-0.4, -0.2) is 26.8 Å². The molecule has 0 aromatic carbocycles. The molecule has 2 N–H and O–H groups in total. The van der Waals surface area contributed by atoms with Gasteiger partial charge in [0, 0.05) is 10.6 Å². The van der Waals surface area contributed by atoms with Gasteiger partial charge in [0.1, 0.15) is 5.82 Å². The van der Waals surface area contributed by atoms with E-state index >= 15 is 0 Å². The Labute approximate surface area is 112 Å². The van der Waals surface area contributed by atoms with E-state index < -0.39 is 0 Å². The van der Waals surface area contributed by atoms with Crippen molar-refractivity contribution in [1.29, 1.82) is 0 Å². The van der Waals surface area contributed by atoms with E-state index in [1.54, 1.807) is 18.3 Å². The third-order valence-electron chi connectivity index (χ3n) is 2.67. The van der Waals surface area contributed by atoms with Crippen molar-refractivity contribution in [3.05, 3.63) is 27.2 Å². The van der Waals surface area contributed by atoms with Gasteiger partial charge in [-0.25, -0.2) is 0 Å². The fourth-order valence-electron chi connectivity index (χ4n) is 1.82. The molecule has 0 bridgehead atoms. The van der Waals surface area contributed by atoms with Crippen molar-refractivity contribution in [3.8, 4) is 0 Å². The number of amides is 1. The Morgan fingerprint density at radius 2 is 2.44 bits per heavy atom. The lowest BCUT2D eigenvalue weighted by molar-refractivity contribution is 0.102. The number of aryl methyl sites for hydroxylation is 2. The van der Waals surface area contributed by atoms with E-state index in [1.165, 1.54) is 10.4 Å². The molecular formula is C11H12N4OS2. The smallest absolute Gasteiger partial charge is 0.268 e. The quantitative estimate of drug-likeness (QED) is 0.885. The number of anilines is 1. The molecule has 0 aliphatic carbocycles. The topological polar surface area (TPSA) is 70.7 Å². The molecule has 0 saturated carbocycles. The van der Waals surface area contributed by atoms with Crippen LogP contribution in [0.4, 0.5) is 5.95 Å². The number of aromatic nitrogens is 3. The number of hydrogen-bond donors (Lipinski definition) is 2. The fraction of sp³-hybridized carbons (Fsp3) is 0.364. The van der Waals surface area contributed by atoms with Crippen molar-refractivity contribution in [2.24, 2.45) is 0 Å².